The van der Waals surface area contributed by atoms with E-state index in [-0.39, 0.29) is 17.9 Å². The van der Waals surface area contributed by atoms with Crippen molar-refractivity contribution < 1.29 is 24.2 Å². The normalized spacial score (nSPS) is 14.7. The Morgan fingerprint density at radius 1 is 1.26 bits per heavy atom. The van der Waals surface area contributed by atoms with Crippen molar-refractivity contribution in [2.75, 3.05) is 0 Å². The molecule has 1 heterocycles. The smallest absolute Gasteiger partial charge is 0.331 e. The number of nitrogens with zero attached hydrogens (tertiary/aromatic N) is 1. The second kappa shape index (κ2) is 5.66. The highest BCUT2D eigenvalue weighted by Gasteiger charge is 2.38. The van der Waals surface area contributed by atoms with Crippen LogP contribution in [0.15, 0.2) is 40.9 Å². The molecular formula is C16H11BrFNO4. The number of hydrogen-bond acceptors (Lipinski definition) is 3. The number of amides is 1. The van der Waals surface area contributed by atoms with Gasteiger partial charge in [-0.05, 0) is 35.9 Å². The largest absolute Gasteiger partial charge is 0.508 e. The van der Waals surface area contributed by atoms with E-state index in [1.165, 1.54) is 0 Å². The molecule has 7 heteroatoms. The number of hydrogen-bond donors (Lipinski definition) is 2. The fraction of sp³-hybridized carbons (Fsp3) is 0.125. The molecule has 3 rings (SSSR count). The van der Waals surface area contributed by atoms with Crippen LogP contribution in [0.4, 0.5) is 4.39 Å². The van der Waals surface area contributed by atoms with Gasteiger partial charge in [0.25, 0.3) is 5.91 Å². The standard InChI is InChI=1S/C16H11BrFNO4/c17-9-2-1-8-7-19(15(21)11(8)5-9)14(16(22)23)12-6-10(18)3-4-13(12)20/h1-6,14,20H,7H2,(H,22,23). The monoisotopic (exact) mass is 379 g/mol. The van der Waals surface area contributed by atoms with Gasteiger partial charge in [-0.25, -0.2) is 9.18 Å². The molecular weight excluding hydrogens is 369 g/mol. The maximum Gasteiger partial charge on any atom is 0.331 e. The lowest BCUT2D eigenvalue weighted by atomic mass is 10.0. The van der Waals surface area contributed by atoms with Crippen LogP contribution < -0.4 is 0 Å². The van der Waals surface area contributed by atoms with Crippen LogP contribution in [-0.2, 0) is 11.3 Å². The molecule has 0 aromatic heterocycles. The molecule has 0 spiro atoms. The highest BCUT2D eigenvalue weighted by atomic mass is 79.9. The lowest BCUT2D eigenvalue weighted by molar-refractivity contribution is -0.142. The van der Waals surface area contributed by atoms with Crippen LogP contribution >= 0.6 is 15.9 Å². The van der Waals surface area contributed by atoms with Crippen LogP contribution in [0.3, 0.4) is 0 Å². The second-order valence-electron chi connectivity index (χ2n) is 5.18. The third-order valence-corrected chi connectivity index (χ3v) is 4.23. The van der Waals surface area contributed by atoms with Crippen LogP contribution in [0.1, 0.15) is 27.5 Å². The first kappa shape index (κ1) is 15.5. The van der Waals surface area contributed by atoms with Gasteiger partial charge in [-0.2, -0.15) is 0 Å². The summed E-state index contributed by atoms with van der Waals surface area (Å²) in [6.07, 6.45) is 0. The summed E-state index contributed by atoms with van der Waals surface area (Å²) in [6, 6.07) is 6.65. The van der Waals surface area contributed by atoms with Gasteiger partial charge in [-0.1, -0.05) is 22.0 Å². The van der Waals surface area contributed by atoms with E-state index in [9.17, 15) is 24.2 Å². The van der Waals surface area contributed by atoms with Crippen LogP contribution in [0, 0.1) is 5.82 Å². The molecule has 0 bridgehead atoms. The molecule has 2 N–H and O–H groups in total. The van der Waals surface area contributed by atoms with E-state index in [2.05, 4.69) is 15.9 Å². The summed E-state index contributed by atoms with van der Waals surface area (Å²) in [4.78, 5) is 25.3. The summed E-state index contributed by atoms with van der Waals surface area (Å²) in [7, 11) is 0. The zero-order valence-corrected chi connectivity index (χ0v) is 13.2. The molecule has 23 heavy (non-hydrogen) atoms. The maximum atomic E-state index is 13.5. The molecule has 2 aromatic carbocycles. The average molecular weight is 380 g/mol. The highest BCUT2D eigenvalue weighted by Crippen LogP contribution is 2.36. The number of benzene rings is 2. The van der Waals surface area contributed by atoms with Crippen molar-refractivity contribution in [3.05, 3.63) is 63.4 Å². The molecule has 2 aromatic rings. The molecule has 1 aliphatic rings. The summed E-state index contributed by atoms with van der Waals surface area (Å²) in [5.41, 5.74) is 0.916. The number of rotatable bonds is 3. The number of carboxylic acid groups (broad SMARTS) is 1. The topological polar surface area (TPSA) is 77.8 Å². The zero-order chi connectivity index (χ0) is 16.7. The molecule has 1 unspecified atom stereocenters. The Morgan fingerprint density at radius 3 is 2.70 bits per heavy atom. The minimum absolute atomic E-state index is 0.0777. The van der Waals surface area contributed by atoms with Crippen molar-refractivity contribution in [3.63, 3.8) is 0 Å². The lowest BCUT2D eigenvalue weighted by Crippen LogP contribution is -2.34. The third-order valence-electron chi connectivity index (χ3n) is 3.73. The summed E-state index contributed by atoms with van der Waals surface area (Å²) < 4.78 is 14.2. The third kappa shape index (κ3) is 2.68. The highest BCUT2D eigenvalue weighted by molar-refractivity contribution is 9.10. The molecule has 0 aliphatic carbocycles. The SMILES string of the molecule is O=C(O)C(c1cc(F)ccc1O)N1Cc2ccc(Br)cc2C1=O. The number of halogens is 2. The summed E-state index contributed by atoms with van der Waals surface area (Å²) in [5.74, 6) is -2.87. The predicted molar refractivity (Wildman–Crippen MR) is 82.5 cm³/mol. The van der Waals surface area contributed by atoms with Crippen molar-refractivity contribution in [1.82, 2.24) is 4.90 Å². The van der Waals surface area contributed by atoms with Crippen molar-refractivity contribution in [2.24, 2.45) is 0 Å². The number of phenolic OH excluding ortho intramolecular Hbond substituents is 1. The molecule has 0 saturated heterocycles. The quantitative estimate of drug-likeness (QED) is 0.858. The number of carbonyl (C=O) groups excluding carboxylic acids is 1. The zero-order valence-electron chi connectivity index (χ0n) is 11.7. The fourth-order valence-corrected chi connectivity index (χ4v) is 3.04. The minimum atomic E-state index is -1.47. The van der Waals surface area contributed by atoms with Gasteiger partial charge in [0.15, 0.2) is 6.04 Å². The molecule has 1 atom stereocenters. The number of aliphatic carboxylic acids is 1. The molecule has 1 aliphatic heterocycles. The Hall–Kier alpha value is -2.41. The second-order valence-corrected chi connectivity index (χ2v) is 6.09. The van der Waals surface area contributed by atoms with Gasteiger partial charge in [0.1, 0.15) is 11.6 Å². The van der Waals surface area contributed by atoms with Gasteiger partial charge in [0.2, 0.25) is 0 Å². The lowest BCUT2D eigenvalue weighted by Gasteiger charge is -2.25. The molecule has 5 nitrogen and oxygen atoms in total. The Labute approximate surface area is 139 Å². The number of phenols is 1. The molecule has 118 valence electrons. The number of fused-ring (bicyclic) bond motifs is 1. The Balaban J connectivity index is 2.06. The van der Waals surface area contributed by atoms with Crippen molar-refractivity contribution in [2.45, 2.75) is 12.6 Å². The van der Waals surface area contributed by atoms with Gasteiger partial charge in [0, 0.05) is 22.1 Å². The van der Waals surface area contributed by atoms with Gasteiger partial charge >= 0.3 is 5.97 Å². The summed E-state index contributed by atoms with van der Waals surface area (Å²) in [5, 5.41) is 19.4. The van der Waals surface area contributed by atoms with E-state index in [0.29, 0.717) is 15.6 Å². The van der Waals surface area contributed by atoms with Gasteiger partial charge in [0.05, 0.1) is 0 Å². The Bertz CT molecular complexity index is 824. The number of carbonyl (C=O) groups is 2. The van der Waals surface area contributed by atoms with E-state index in [1.807, 2.05) is 0 Å². The summed E-state index contributed by atoms with van der Waals surface area (Å²) >= 11 is 3.27. The van der Waals surface area contributed by atoms with Crippen molar-refractivity contribution in [3.8, 4) is 5.75 Å². The first-order chi connectivity index (χ1) is 10.9. The first-order valence-corrected chi connectivity index (χ1v) is 7.48. The van der Waals surface area contributed by atoms with Crippen LogP contribution in [0.2, 0.25) is 0 Å². The van der Waals surface area contributed by atoms with E-state index in [1.54, 1.807) is 18.2 Å². The van der Waals surface area contributed by atoms with Crippen molar-refractivity contribution in [1.29, 1.82) is 0 Å². The van der Waals surface area contributed by atoms with Crippen molar-refractivity contribution >= 4 is 27.8 Å². The van der Waals surface area contributed by atoms with Gasteiger partial charge < -0.3 is 15.1 Å². The minimum Gasteiger partial charge on any atom is -0.508 e. The van der Waals surface area contributed by atoms with E-state index >= 15 is 0 Å². The van der Waals surface area contributed by atoms with E-state index in [4.69, 9.17) is 0 Å². The van der Waals surface area contributed by atoms with E-state index < -0.39 is 23.7 Å². The molecule has 0 saturated carbocycles. The van der Waals surface area contributed by atoms with Crippen LogP contribution in [-0.4, -0.2) is 27.0 Å². The molecule has 0 fully saturated rings. The number of aromatic hydroxyl groups is 1. The molecule has 1 amide bonds. The molecule has 0 radical (unpaired) electrons. The summed E-state index contributed by atoms with van der Waals surface area (Å²) in [6.45, 7) is 0.0777. The first-order valence-electron chi connectivity index (χ1n) is 6.69. The Morgan fingerprint density at radius 2 is 2.00 bits per heavy atom. The van der Waals surface area contributed by atoms with Gasteiger partial charge in [-0.15, -0.1) is 0 Å². The number of carboxylic acids is 1. The fourth-order valence-electron chi connectivity index (χ4n) is 2.68. The average Bonchev–Trinajstić information content (AvgIpc) is 2.80. The van der Waals surface area contributed by atoms with Gasteiger partial charge in [-0.3, -0.25) is 4.79 Å². The Kier molecular flexibility index (Phi) is 3.81. The predicted octanol–water partition coefficient (Wildman–Crippen LogP) is 3.08. The van der Waals surface area contributed by atoms with Crippen LogP contribution in [0.5, 0.6) is 5.75 Å². The van der Waals surface area contributed by atoms with Crippen LogP contribution in [0.25, 0.3) is 0 Å². The van der Waals surface area contributed by atoms with E-state index in [0.717, 1.165) is 23.1 Å². The maximum absolute atomic E-state index is 13.5.